The van der Waals surface area contributed by atoms with Gasteiger partial charge in [-0.05, 0) is 0 Å². The van der Waals surface area contributed by atoms with Gasteiger partial charge in [0.25, 0.3) is 0 Å². The summed E-state index contributed by atoms with van der Waals surface area (Å²) in [4.78, 5) is 8.81. The van der Waals surface area contributed by atoms with Crippen LogP contribution in [0.15, 0.2) is 0 Å². The van der Waals surface area contributed by atoms with Crippen LogP contribution in [0.4, 0.5) is 0 Å². The number of carbonyl (C=O) groups excluding carboxylic acids is 1. The van der Waals surface area contributed by atoms with Gasteiger partial charge in [-0.25, -0.2) is 0 Å². The fourth-order valence-electron chi connectivity index (χ4n) is 0. The summed E-state index contributed by atoms with van der Waals surface area (Å²) in [5.74, 6) is 0. The van der Waals surface area contributed by atoms with Crippen molar-refractivity contribution in [3.05, 3.63) is 0 Å². The fourth-order valence-corrected chi connectivity index (χ4v) is 0. The average Bonchev–Trinajstić information content (AvgIpc) is 0.918. The first-order valence-corrected chi connectivity index (χ1v) is 1.43. The van der Waals surface area contributed by atoms with Crippen molar-refractivity contribution in [2.75, 3.05) is 0 Å². The molecule has 0 spiro atoms. The van der Waals surface area contributed by atoms with E-state index < -0.39 is 0 Å². The Morgan fingerprint density at radius 2 is 1.75 bits per heavy atom. The van der Waals surface area contributed by atoms with Crippen LogP contribution in [0.25, 0.3) is 0 Å². The molecule has 0 aromatic carbocycles. The second-order valence-electron chi connectivity index (χ2n) is 0.118. The van der Waals surface area contributed by atoms with E-state index in [1.807, 2.05) is 0 Å². The first-order chi connectivity index (χ1) is 1.41. The van der Waals surface area contributed by atoms with Gasteiger partial charge in [-0.3, -0.25) is 0 Å². The van der Waals surface area contributed by atoms with Gasteiger partial charge in [0.2, 0.25) is 0 Å². The molecule has 0 rings (SSSR count). The van der Waals surface area contributed by atoms with E-state index in [4.69, 9.17) is 4.79 Å². The molecule has 0 radical (unpaired) electrons. The van der Waals surface area contributed by atoms with Crippen LogP contribution in [0.5, 0.6) is 0 Å². The van der Waals surface area contributed by atoms with E-state index in [9.17, 15) is 0 Å². The molecule has 0 fully saturated rings. The summed E-state index contributed by atoms with van der Waals surface area (Å²) in [5.41, 5.74) is 0. The standard InChI is InChI=1S/CHO.H2O.Ti/c1-2;;/h1H;1H2;. The molecule has 4 heavy (non-hydrogen) atoms. The second kappa shape index (κ2) is 10.2. The minimum absolute atomic E-state index is 0. The Balaban J connectivity index is 0. The number of rotatable bonds is 0. The maximum atomic E-state index is 8.81. The number of hydrogen-bond donors (Lipinski definition) is 0. The summed E-state index contributed by atoms with van der Waals surface area (Å²) in [7, 11) is 0. The van der Waals surface area contributed by atoms with Crippen molar-refractivity contribution in [2.45, 2.75) is 0 Å². The molecule has 23 valence electrons. The van der Waals surface area contributed by atoms with Crippen LogP contribution in [0.3, 0.4) is 0 Å². The molecular formula is CH3O2Ti. The first kappa shape index (κ1) is 8.84. The quantitative estimate of drug-likeness (QED) is 0.278. The van der Waals surface area contributed by atoms with Crippen molar-refractivity contribution in [2.24, 2.45) is 0 Å². The molecule has 0 heterocycles. The van der Waals surface area contributed by atoms with Gasteiger partial charge in [0.15, 0.2) is 0 Å². The topological polar surface area (TPSA) is 48.6 Å². The summed E-state index contributed by atoms with van der Waals surface area (Å²) in [6.45, 7) is 0. The van der Waals surface area contributed by atoms with E-state index in [0.29, 0.717) is 0 Å². The molecule has 0 saturated carbocycles. The van der Waals surface area contributed by atoms with Crippen LogP contribution in [0, 0.1) is 0 Å². The Hall–Kier alpha value is 0.344. The predicted molar refractivity (Wildman–Crippen MR) is 10.4 cm³/mol. The van der Waals surface area contributed by atoms with Crippen molar-refractivity contribution in [3.63, 3.8) is 0 Å². The summed E-state index contributed by atoms with van der Waals surface area (Å²) >= 11 is 1.44. The third kappa shape index (κ3) is 35.7. The molecule has 3 heteroatoms. The van der Waals surface area contributed by atoms with Gasteiger partial charge in [-0.15, -0.1) is 0 Å². The summed E-state index contributed by atoms with van der Waals surface area (Å²) in [5, 5.41) is 0. The Labute approximate surface area is 35.9 Å². The Morgan fingerprint density at radius 3 is 1.75 bits per heavy atom. The molecule has 2 nitrogen and oxygen atoms in total. The van der Waals surface area contributed by atoms with E-state index in [0.717, 1.165) is 4.59 Å². The van der Waals surface area contributed by atoms with Crippen LogP contribution in [0.2, 0.25) is 0 Å². The summed E-state index contributed by atoms with van der Waals surface area (Å²) in [6, 6.07) is 0. The van der Waals surface area contributed by atoms with E-state index in [-0.39, 0.29) is 5.48 Å². The van der Waals surface area contributed by atoms with Gasteiger partial charge in [0.1, 0.15) is 0 Å². The average molecular weight is 94.9 g/mol. The van der Waals surface area contributed by atoms with Crippen LogP contribution in [-0.2, 0) is 25.2 Å². The Morgan fingerprint density at radius 1 is 1.75 bits per heavy atom. The van der Waals surface area contributed by atoms with Crippen LogP contribution < -0.4 is 0 Å². The van der Waals surface area contributed by atoms with Gasteiger partial charge in [-0.1, -0.05) is 0 Å². The monoisotopic (exact) mass is 95.0 g/mol. The molecule has 0 aliphatic carbocycles. The molecular weight excluding hydrogens is 91.9 g/mol. The van der Waals surface area contributed by atoms with Crippen LogP contribution >= 0.6 is 0 Å². The van der Waals surface area contributed by atoms with Crippen molar-refractivity contribution < 1.29 is 30.7 Å². The van der Waals surface area contributed by atoms with Gasteiger partial charge in [0, 0.05) is 0 Å². The van der Waals surface area contributed by atoms with Gasteiger partial charge in [-0.2, -0.15) is 0 Å². The summed E-state index contributed by atoms with van der Waals surface area (Å²) < 4.78 is 0.750. The number of carbonyl (C=O) groups is 1. The normalized spacial score (nSPS) is 2.75. The summed E-state index contributed by atoms with van der Waals surface area (Å²) in [6.07, 6.45) is 0. The molecule has 0 aliphatic rings. The maximum absolute atomic E-state index is 8.81. The molecule has 0 amide bonds. The van der Waals surface area contributed by atoms with Crippen LogP contribution in [0.1, 0.15) is 0 Å². The number of hydrogen-bond acceptors (Lipinski definition) is 1. The fraction of sp³-hybridized carbons (Fsp3) is 0. The van der Waals surface area contributed by atoms with Crippen LogP contribution in [-0.4, -0.2) is 10.1 Å². The van der Waals surface area contributed by atoms with E-state index in [1.54, 1.807) is 0 Å². The second-order valence-corrected chi connectivity index (χ2v) is 0.486. The van der Waals surface area contributed by atoms with E-state index in [1.165, 1.54) is 20.4 Å². The van der Waals surface area contributed by atoms with E-state index in [2.05, 4.69) is 0 Å². The molecule has 0 aromatic heterocycles. The first-order valence-electron chi connectivity index (χ1n) is 0.524. The van der Waals surface area contributed by atoms with Crippen molar-refractivity contribution in [3.8, 4) is 0 Å². The van der Waals surface area contributed by atoms with Gasteiger partial charge in [0.05, 0.1) is 0 Å². The minimum atomic E-state index is 0. The molecule has 2 N–H and O–H groups in total. The Kier molecular flexibility index (Phi) is 22.5. The zero-order valence-electron chi connectivity index (χ0n) is 1.99. The molecule has 0 bridgehead atoms. The van der Waals surface area contributed by atoms with Gasteiger partial charge < -0.3 is 5.48 Å². The molecule has 0 saturated heterocycles. The zero-order chi connectivity index (χ0) is 2.71. The SMILES string of the molecule is O.O=[CH][Ti]. The molecule has 0 atom stereocenters. The predicted octanol–water partition coefficient (Wildman–Crippen LogP) is -1.10. The Bertz CT molecular complexity index is 13.5. The molecule has 0 aromatic rings. The third-order valence-electron chi connectivity index (χ3n) is 0. The van der Waals surface area contributed by atoms with Crippen molar-refractivity contribution in [1.82, 2.24) is 0 Å². The third-order valence-corrected chi connectivity index (χ3v) is 0. The molecule has 0 unspecified atom stereocenters. The van der Waals surface area contributed by atoms with Crippen molar-refractivity contribution in [1.29, 1.82) is 0 Å². The van der Waals surface area contributed by atoms with Crippen molar-refractivity contribution >= 4 is 4.59 Å². The molecule has 0 aliphatic heterocycles. The van der Waals surface area contributed by atoms with Gasteiger partial charge >= 0.3 is 29.8 Å². The zero-order valence-corrected chi connectivity index (χ0v) is 3.55. The van der Waals surface area contributed by atoms with E-state index >= 15 is 0 Å².